The molecule has 0 aliphatic rings. The second kappa shape index (κ2) is 9.01. The largest absolute Gasteiger partial charge is 0.305 e. The number of hydrogen-bond donors (Lipinski definition) is 1. The Labute approximate surface area is 76.4 Å². The highest BCUT2D eigenvalue weighted by molar-refractivity contribution is 4.47. The molecule has 0 bridgehead atoms. The fourth-order valence-corrected chi connectivity index (χ4v) is 1.27. The maximum atomic E-state index is 4.91. The molecule has 0 spiro atoms. The van der Waals surface area contributed by atoms with E-state index in [4.69, 9.17) is 5.90 Å². The van der Waals surface area contributed by atoms with Crippen molar-refractivity contribution in [1.82, 2.24) is 0 Å². The Morgan fingerprint density at radius 2 is 1.58 bits per heavy atom. The van der Waals surface area contributed by atoms with Crippen molar-refractivity contribution in [3.63, 3.8) is 0 Å². The average Bonchev–Trinajstić information content (AvgIpc) is 2.02. The summed E-state index contributed by atoms with van der Waals surface area (Å²) in [4.78, 5) is 4.49. The Hall–Kier alpha value is -0.0800. The lowest BCUT2D eigenvalue weighted by Crippen LogP contribution is -2.00. The first kappa shape index (κ1) is 11.9. The molecule has 74 valence electrons. The first-order chi connectivity index (χ1) is 5.77. The molecular formula is C10H23NO. The molecule has 0 aliphatic carbocycles. The third kappa shape index (κ3) is 9.92. The monoisotopic (exact) mass is 173 g/mol. The summed E-state index contributed by atoms with van der Waals surface area (Å²) in [5.41, 5.74) is 0. The van der Waals surface area contributed by atoms with E-state index < -0.39 is 0 Å². The van der Waals surface area contributed by atoms with Crippen LogP contribution in [0.4, 0.5) is 0 Å². The summed E-state index contributed by atoms with van der Waals surface area (Å²) in [6, 6.07) is 0. The van der Waals surface area contributed by atoms with E-state index in [1.807, 2.05) is 0 Å². The van der Waals surface area contributed by atoms with Crippen LogP contribution < -0.4 is 5.90 Å². The lowest BCUT2D eigenvalue weighted by molar-refractivity contribution is 0.133. The van der Waals surface area contributed by atoms with Crippen molar-refractivity contribution in [2.75, 3.05) is 6.61 Å². The van der Waals surface area contributed by atoms with Crippen LogP contribution in [0.2, 0.25) is 0 Å². The summed E-state index contributed by atoms with van der Waals surface area (Å²) in [6.45, 7) is 5.27. The lowest BCUT2D eigenvalue weighted by atomic mass is 10.0. The van der Waals surface area contributed by atoms with Gasteiger partial charge in [0, 0.05) is 0 Å². The maximum absolute atomic E-state index is 4.91. The predicted molar refractivity (Wildman–Crippen MR) is 52.7 cm³/mol. The van der Waals surface area contributed by atoms with Gasteiger partial charge in [-0.25, -0.2) is 5.90 Å². The van der Waals surface area contributed by atoms with E-state index in [2.05, 4.69) is 18.7 Å². The SMILES string of the molecule is CC(C)CCCCCCCON. The van der Waals surface area contributed by atoms with Gasteiger partial charge in [0.1, 0.15) is 0 Å². The number of unbranched alkanes of at least 4 members (excludes halogenated alkanes) is 4. The fourth-order valence-electron chi connectivity index (χ4n) is 1.27. The van der Waals surface area contributed by atoms with Crippen LogP contribution in [-0.4, -0.2) is 6.61 Å². The van der Waals surface area contributed by atoms with E-state index in [1.54, 1.807) is 0 Å². The molecule has 0 radical (unpaired) electrons. The maximum Gasteiger partial charge on any atom is 0.0679 e. The number of hydrogen-bond acceptors (Lipinski definition) is 2. The average molecular weight is 173 g/mol. The zero-order valence-corrected chi connectivity index (χ0v) is 8.51. The third-order valence-corrected chi connectivity index (χ3v) is 2.04. The second-order valence-electron chi connectivity index (χ2n) is 3.82. The van der Waals surface area contributed by atoms with E-state index >= 15 is 0 Å². The quantitative estimate of drug-likeness (QED) is 0.452. The van der Waals surface area contributed by atoms with Gasteiger partial charge in [-0.15, -0.1) is 0 Å². The smallest absolute Gasteiger partial charge is 0.0679 e. The Morgan fingerprint density at radius 1 is 1.00 bits per heavy atom. The van der Waals surface area contributed by atoms with Gasteiger partial charge in [-0.05, 0) is 12.3 Å². The highest BCUT2D eigenvalue weighted by Crippen LogP contribution is 2.10. The number of nitrogens with two attached hydrogens (primary N) is 1. The third-order valence-electron chi connectivity index (χ3n) is 2.04. The van der Waals surface area contributed by atoms with Crippen LogP contribution in [0.3, 0.4) is 0 Å². The van der Waals surface area contributed by atoms with Gasteiger partial charge < -0.3 is 4.84 Å². The van der Waals surface area contributed by atoms with Gasteiger partial charge in [-0.3, -0.25) is 0 Å². The first-order valence-electron chi connectivity index (χ1n) is 5.09. The summed E-state index contributed by atoms with van der Waals surface area (Å²) in [7, 11) is 0. The van der Waals surface area contributed by atoms with Gasteiger partial charge >= 0.3 is 0 Å². The van der Waals surface area contributed by atoms with Crippen LogP contribution in [0.5, 0.6) is 0 Å². The molecule has 0 amide bonds. The predicted octanol–water partition coefficient (Wildman–Crippen LogP) is 2.87. The Balaban J connectivity index is 2.82. The molecular weight excluding hydrogens is 150 g/mol. The molecule has 2 N–H and O–H groups in total. The van der Waals surface area contributed by atoms with E-state index in [1.165, 1.54) is 32.1 Å². The molecule has 0 saturated carbocycles. The van der Waals surface area contributed by atoms with Crippen LogP contribution in [0, 0.1) is 5.92 Å². The van der Waals surface area contributed by atoms with Gasteiger partial charge in [0.25, 0.3) is 0 Å². The first-order valence-corrected chi connectivity index (χ1v) is 5.09. The van der Waals surface area contributed by atoms with Crippen molar-refractivity contribution in [2.24, 2.45) is 11.8 Å². The highest BCUT2D eigenvalue weighted by Gasteiger charge is 1.94. The zero-order chi connectivity index (χ0) is 9.23. The van der Waals surface area contributed by atoms with Gasteiger partial charge in [0.15, 0.2) is 0 Å². The van der Waals surface area contributed by atoms with Crippen molar-refractivity contribution in [1.29, 1.82) is 0 Å². The summed E-state index contributed by atoms with van der Waals surface area (Å²) in [5.74, 6) is 5.77. The van der Waals surface area contributed by atoms with E-state index in [0.29, 0.717) is 6.61 Å². The minimum Gasteiger partial charge on any atom is -0.305 e. The lowest BCUT2D eigenvalue weighted by Gasteiger charge is -2.03. The van der Waals surface area contributed by atoms with E-state index in [9.17, 15) is 0 Å². The van der Waals surface area contributed by atoms with Crippen molar-refractivity contribution in [3.05, 3.63) is 0 Å². The Morgan fingerprint density at radius 3 is 2.17 bits per heavy atom. The van der Waals surface area contributed by atoms with E-state index in [0.717, 1.165) is 12.3 Å². The van der Waals surface area contributed by atoms with Crippen molar-refractivity contribution >= 4 is 0 Å². The summed E-state index contributed by atoms with van der Waals surface area (Å²) in [6.07, 6.45) is 7.81. The zero-order valence-electron chi connectivity index (χ0n) is 8.51. The van der Waals surface area contributed by atoms with Gasteiger partial charge in [0.2, 0.25) is 0 Å². The normalized spacial score (nSPS) is 11.0. The Bertz CT molecular complexity index is 83.9. The van der Waals surface area contributed by atoms with Crippen LogP contribution in [0.15, 0.2) is 0 Å². The fraction of sp³-hybridized carbons (Fsp3) is 1.00. The van der Waals surface area contributed by atoms with Gasteiger partial charge in [-0.1, -0.05) is 46.0 Å². The summed E-state index contributed by atoms with van der Waals surface area (Å²) < 4.78 is 0. The van der Waals surface area contributed by atoms with Crippen LogP contribution in [0.25, 0.3) is 0 Å². The van der Waals surface area contributed by atoms with Crippen LogP contribution in [0.1, 0.15) is 52.4 Å². The molecule has 12 heavy (non-hydrogen) atoms. The van der Waals surface area contributed by atoms with Crippen molar-refractivity contribution in [3.8, 4) is 0 Å². The van der Waals surface area contributed by atoms with Crippen molar-refractivity contribution < 1.29 is 4.84 Å². The minimum atomic E-state index is 0.712. The molecule has 0 fully saturated rings. The molecule has 0 heterocycles. The summed E-state index contributed by atoms with van der Waals surface area (Å²) in [5, 5.41) is 0. The van der Waals surface area contributed by atoms with Crippen LogP contribution in [-0.2, 0) is 4.84 Å². The molecule has 0 saturated heterocycles. The molecule has 0 atom stereocenters. The molecule has 0 aromatic carbocycles. The molecule has 0 aliphatic heterocycles. The second-order valence-corrected chi connectivity index (χ2v) is 3.82. The minimum absolute atomic E-state index is 0.712. The van der Waals surface area contributed by atoms with Gasteiger partial charge in [0.05, 0.1) is 6.61 Å². The molecule has 0 aromatic heterocycles. The Kier molecular flexibility index (Phi) is 8.95. The standard InChI is InChI=1S/C10H23NO/c1-10(2)8-6-4-3-5-7-9-12-11/h10H,3-9,11H2,1-2H3. The highest BCUT2D eigenvalue weighted by atomic mass is 16.6. The molecule has 0 aromatic rings. The topological polar surface area (TPSA) is 35.2 Å². The molecule has 0 unspecified atom stereocenters. The van der Waals surface area contributed by atoms with E-state index in [-0.39, 0.29) is 0 Å². The summed E-state index contributed by atoms with van der Waals surface area (Å²) >= 11 is 0. The molecule has 2 heteroatoms. The van der Waals surface area contributed by atoms with Gasteiger partial charge in [-0.2, -0.15) is 0 Å². The van der Waals surface area contributed by atoms with Crippen molar-refractivity contribution in [2.45, 2.75) is 52.4 Å². The molecule has 2 nitrogen and oxygen atoms in total. The van der Waals surface area contributed by atoms with Crippen LogP contribution >= 0.6 is 0 Å². The molecule has 0 rings (SSSR count). The number of rotatable bonds is 8.